The van der Waals surface area contributed by atoms with Crippen molar-refractivity contribution >= 4 is 0 Å². The topological polar surface area (TPSA) is 38.5 Å². The molecule has 3 rings (SSSR count). The lowest BCUT2D eigenvalue weighted by molar-refractivity contribution is -0.0503. The minimum atomic E-state index is 0.463. The van der Waals surface area contributed by atoms with Crippen LogP contribution in [0.3, 0.4) is 0 Å². The van der Waals surface area contributed by atoms with E-state index in [2.05, 4.69) is 11.8 Å². The lowest BCUT2D eigenvalue weighted by atomic mass is 9.91. The zero-order chi connectivity index (χ0) is 12.5. The van der Waals surface area contributed by atoms with E-state index >= 15 is 0 Å². The maximum absolute atomic E-state index is 6.17. The lowest BCUT2D eigenvalue weighted by Crippen LogP contribution is -2.54. The van der Waals surface area contributed by atoms with Gasteiger partial charge in [-0.15, -0.1) is 0 Å². The molecule has 3 heterocycles. The molecule has 2 bridgehead atoms. The van der Waals surface area contributed by atoms with Crippen molar-refractivity contribution in [1.82, 2.24) is 4.90 Å². The Morgan fingerprint density at radius 3 is 2.39 bits per heavy atom. The Bertz CT molecular complexity index is 268. The summed E-state index contributed by atoms with van der Waals surface area (Å²) >= 11 is 0. The first kappa shape index (κ1) is 12.9. The van der Waals surface area contributed by atoms with Crippen LogP contribution in [0, 0.1) is 0 Å². The molecule has 0 aromatic heterocycles. The molecule has 3 heteroatoms. The third-order valence-corrected chi connectivity index (χ3v) is 5.20. The van der Waals surface area contributed by atoms with Gasteiger partial charge in [-0.2, -0.15) is 0 Å². The maximum atomic E-state index is 6.17. The van der Waals surface area contributed by atoms with Crippen molar-refractivity contribution in [3.05, 3.63) is 0 Å². The SMILES string of the molecule is CCCC1CC(N2C3CCC2CC(N)C3)CCO1. The van der Waals surface area contributed by atoms with Crippen LogP contribution in [0.25, 0.3) is 0 Å². The number of ether oxygens (including phenoxy) is 1. The number of nitrogens with zero attached hydrogens (tertiary/aromatic N) is 1. The monoisotopic (exact) mass is 252 g/mol. The summed E-state index contributed by atoms with van der Waals surface area (Å²) in [5, 5.41) is 0. The highest BCUT2D eigenvalue weighted by Crippen LogP contribution is 2.39. The minimum Gasteiger partial charge on any atom is -0.378 e. The van der Waals surface area contributed by atoms with Gasteiger partial charge in [-0.25, -0.2) is 0 Å². The Kier molecular flexibility index (Phi) is 3.92. The molecule has 18 heavy (non-hydrogen) atoms. The van der Waals surface area contributed by atoms with Crippen LogP contribution >= 0.6 is 0 Å². The number of nitrogens with two attached hydrogens (primary N) is 1. The summed E-state index contributed by atoms with van der Waals surface area (Å²) < 4.78 is 5.90. The van der Waals surface area contributed by atoms with E-state index < -0.39 is 0 Å². The Morgan fingerprint density at radius 1 is 1.06 bits per heavy atom. The first-order valence-electron chi connectivity index (χ1n) is 7.92. The van der Waals surface area contributed by atoms with E-state index in [-0.39, 0.29) is 0 Å². The predicted molar refractivity (Wildman–Crippen MR) is 73.5 cm³/mol. The van der Waals surface area contributed by atoms with Crippen molar-refractivity contribution in [3.8, 4) is 0 Å². The van der Waals surface area contributed by atoms with E-state index in [1.165, 1.54) is 51.4 Å². The second kappa shape index (κ2) is 5.48. The summed E-state index contributed by atoms with van der Waals surface area (Å²) in [7, 11) is 0. The Morgan fingerprint density at radius 2 is 1.72 bits per heavy atom. The summed E-state index contributed by atoms with van der Waals surface area (Å²) in [5.74, 6) is 0. The van der Waals surface area contributed by atoms with E-state index in [4.69, 9.17) is 10.5 Å². The molecule has 0 amide bonds. The zero-order valence-corrected chi connectivity index (χ0v) is 11.7. The Balaban J connectivity index is 1.64. The van der Waals surface area contributed by atoms with Gasteiger partial charge in [0.25, 0.3) is 0 Å². The molecule has 3 aliphatic heterocycles. The largest absolute Gasteiger partial charge is 0.378 e. The summed E-state index contributed by atoms with van der Waals surface area (Å²) in [6.45, 7) is 3.23. The fraction of sp³-hybridized carbons (Fsp3) is 1.00. The van der Waals surface area contributed by atoms with Gasteiger partial charge < -0.3 is 10.5 Å². The molecule has 4 atom stereocenters. The fourth-order valence-electron chi connectivity index (χ4n) is 4.51. The number of hydrogen-bond donors (Lipinski definition) is 1. The molecule has 104 valence electrons. The van der Waals surface area contributed by atoms with Crippen molar-refractivity contribution < 1.29 is 4.74 Å². The molecule has 3 fully saturated rings. The molecule has 0 aromatic rings. The van der Waals surface area contributed by atoms with Gasteiger partial charge in [0.05, 0.1) is 6.10 Å². The van der Waals surface area contributed by atoms with Gasteiger partial charge in [0.1, 0.15) is 0 Å². The van der Waals surface area contributed by atoms with Crippen LogP contribution in [0.15, 0.2) is 0 Å². The average molecular weight is 252 g/mol. The van der Waals surface area contributed by atoms with Crippen LogP contribution in [0.2, 0.25) is 0 Å². The number of fused-ring (bicyclic) bond motifs is 2. The van der Waals surface area contributed by atoms with Gasteiger partial charge >= 0.3 is 0 Å². The highest BCUT2D eigenvalue weighted by molar-refractivity contribution is 5.00. The zero-order valence-electron chi connectivity index (χ0n) is 11.7. The summed E-state index contributed by atoms with van der Waals surface area (Å²) in [6, 6.07) is 2.80. The third kappa shape index (κ3) is 2.45. The van der Waals surface area contributed by atoms with Crippen molar-refractivity contribution in [3.63, 3.8) is 0 Å². The van der Waals surface area contributed by atoms with Gasteiger partial charge in [-0.1, -0.05) is 13.3 Å². The van der Waals surface area contributed by atoms with Crippen molar-refractivity contribution in [1.29, 1.82) is 0 Å². The first-order chi connectivity index (χ1) is 8.78. The van der Waals surface area contributed by atoms with Gasteiger partial charge in [-0.05, 0) is 44.9 Å². The summed E-state index contributed by atoms with van der Waals surface area (Å²) in [5.41, 5.74) is 6.17. The van der Waals surface area contributed by atoms with E-state index in [1.54, 1.807) is 0 Å². The molecule has 0 saturated carbocycles. The van der Waals surface area contributed by atoms with Crippen LogP contribution in [-0.2, 0) is 4.74 Å². The molecule has 0 aromatic carbocycles. The normalized spacial score (nSPS) is 45.3. The average Bonchev–Trinajstić information content (AvgIpc) is 2.63. The summed E-state index contributed by atoms with van der Waals surface area (Å²) in [4.78, 5) is 2.84. The fourth-order valence-corrected chi connectivity index (χ4v) is 4.51. The number of rotatable bonds is 3. The van der Waals surface area contributed by atoms with Gasteiger partial charge in [0.15, 0.2) is 0 Å². The predicted octanol–water partition coefficient (Wildman–Crippen LogP) is 2.29. The number of hydrogen-bond acceptors (Lipinski definition) is 3. The van der Waals surface area contributed by atoms with E-state index in [9.17, 15) is 0 Å². The standard InChI is InChI=1S/C15H28N2O/c1-2-3-15-10-14(6-7-18-15)17-12-4-5-13(17)9-11(16)8-12/h11-15H,2-10,16H2,1H3. The summed E-state index contributed by atoms with van der Waals surface area (Å²) in [6.07, 6.45) is 10.7. The van der Waals surface area contributed by atoms with Crippen molar-refractivity contribution in [2.24, 2.45) is 5.73 Å². The molecule has 3 saturated heterocycles. The highest BCUT2D eigenvalue weighted by atomic mass is 16.5. The first-order valence-corrected chi connectivity index (χ1v) is 7.92. The quantitative estimate of drug-likeness (QED) is 0.837. The maximum Gasteiger partial charge on any atom is 0.0590 e. The lowest BCUT2D eigenvalue weighted by Gasteiger charge is -2.45. The molecule has 2 N–H and O–H groups in total. The second-order valence-electron chi connectivity index (χ2n) is 6.52. The third-order valence-electron chi connectivity index (χ3n) is 5.20. The molecule has 3 aliphatic rings. The Hall–Kier alpha value is -0.120. The van der Waals surface area contributed by atoms with Gasteiger partial charge in [0.2, 0.25) is 0 Å². The Labute approximate surface area is 111 Å². The second-order valence-corrected chi connectivity index (χ2v) is 6.52. The molecule has 0 aliphatic carbocycles. The molecular weight excluding hydrogens is 224 g/mol. The van der Waals surface area contributed by atoms with E-state index in [1.807, 2.05) is 0 Å². The number of piperidine rings is 1. The van der Waals surface area contributed by atoms with E-state index in [0.29, 0.717) is 12.1 Å². The van der Waals surface area contributed by atoms with Crippen LogP contribution < -0.4 is 5.73 Å². The van der Waals surface area contributed by atoms with Crippen LogP contribution in [0.1, 0.15) is 58.3 Å². The molecule has 0 radical (unpaired) electrons. The highest BCUT2D eigenvalue weighted by Gasteiger charge is 2.43. The van der Waals surface area contributed by atoms with Crippen molar-refractivity contribution in [2.75, 3.05) is 6.61 Å². The smallest absolute Gasteiger partial charge is 0.0590 e. The van der Waals surface area contributed by atoms with Crippen LogP contribution in [0.4, 0.5) is 0 Å². The van der Waals surface area contributed by atoms with E-state index in [0.717, 1.165) is 24.7 Å². The molecule has 3 nitrogen and oxygen atoms in total. The van der Waals surface area contributed by atoms with Crippen LogP contribution in [0.5, 0.6) is 0 Å². The molecular formula is C15H28N2O. The molecule has 4 unspecified atom stereocenters. The van der Waals surface area contributed by atoms with Gasteiger partial charge in [-0.3, -0.25) is 4.90 Å². The van der Waals surface area contributed by atoms with Crippen molar-refractivity contribution in [2.45, 2.75) is 88.6 Å². The van der Waals surface area contributed by atoms with Gasteiger partial charge in [0, 0.05) is 30.8 Å². The molecule has 0 spiro atoms. The minimum absolute atomic E-state index is 0.463. The van der Waals surface area contributed by atoms with Crippen LogP contribution in [-0.4, -0.2) is 41.8 Å².